The van der Waals surface area contributed by atoms with E-state index in [1.165, 1.54) is 12.1 Å². The summed E-state index contributed by atoms with van der Waals surface area (Å²) >= 11 is 5.72. The van der Waals surface area contributed by atoms with Gasteiger partial charge in [-0.2, -0.15) is 0 Å². The van der Waals surface area contributed by atoms with E-state index < -0.39 is 5.82 Å². The van der Waals surface area contributed by atoms with E-state index in [1.54, 1.807) is 11.0 Å². The second-order valence-corrected chi connectivity index (χ2v) is 5.62. The molecule has 0 aromatic heterocycles. The number of nitrogens with zero attached hydrogens (tertiary/aromatic N) is 1. The minimum Gasteiger partial charge on any atom is -0.339 e. The molecule has 2 rings (SSSR count). The molecule has 1 heterocycles. The number of benzene rings is 1. The van der Waals surface area contributed by atoms with E-state index in [-0.39, 0.29) is 11.5 Å². The van der Waals surface area contributed by atoms with Crippen molar-refractivity contribution in [3.63, 3.8) is 0 Å². The third-order valence-corrected chi connectivity index (χ3v) is 3.94. The summed E-state index contributed by atoms with van der Waals surface area (Å²) < 4.78 is 13.8. The van der Waals surface area contributed by atoms with Gasteiger partial charge in [0.15, 0.2) is 0 Å². The SMILES string of the molecule is CCN(CC1CCCNC1)C(=O)c1ccc(Cl)cc1F. The van der Waals surface area contributed by atoms with Crippen molar-refractivity contribution in [1.29, 1.82) is 0 Å². The van der Waals surface area contributed by atoms with E-state index in [9.17, 15) is 9.18 Å². The van der Waals surface area contributed by atoms with Gasteiger partial charge in [0, 0.05) is 18.1 Å². The molecule has 1 aliphatic rings. The topological polar surface area (TPSA) is 32.3 Å². The fourth-order valence-electron chi connectivity index (χ4n) is 2.58. The van der Waals surface area contributed by atoms with Crippen molar-refractivity contribution in [2.24, 2.45) is 5.92 Å². The first-order valence-electron chi connectivity index (χ1n) is 7.07. The van der Waals surface area contributed by atoms with Crippen LogP contribution in [0, 0.1) is 11.7 Å². The molecule has 0 aliphatic carbocycles. The van der Waals surface area contributed by atoms with Crippen molar-refractivity contribution in [2.45, 2.75) is 19.8 Å². The molecule has 1 fully saturated rings. The summed E-state index contributed by atoms with van der Waals surface area (Å²) in [5.41, 5.74) is 0.0972. The highest BCUT2D eigenvalue weighted by Crippen LogP contribution is 2.18. The minimum atomic E-state index is -0.553. The second-order valence-electron chi connectivity index (χ2n) is 5.18. The fraction of sp³-hybridized carbons (Fsp3) is 0.533. The lowest BCUT2D eigenvalue weighted by Crippen LogP contribution is -2.41. The molecular weight excluding hydrogens is 279 g/mol. The van der Waals surface area contributed by atoms with Gasteiger partial charge in [0.05, 0.1) is 5.56 Å². The van der Waals surface area contributed by atoms with Crippen LogP contribution in [0.2, 0.25) is 5.02 Å². The van der Waals surface area contributed by atoms with Gasteiger partial charge in [-0.15, -0.1) is 0 Å². The molecule has 1 amide bonds. The largest absolute Gasteiger partial charge is 0.339 e. The number of rotatable bonds is 4. The molecule has 1 aromatic carbocycles. The van der Waals surface area contributed by atoms with Gasteiger partial charge in [0.1, 0.15) is 5.82 Å². The molecule has 1 saturated heterocycles. The summed E-state index contributed by atoms with van der Waals surface area (Å²) in [7, 11) is 0. The number of carbonyl (C=O) groups is 1. The number of halogens is 2. The Labute approximate surface area is 124 Å². The third-order valence-electron chi connectivity index (χ3n) is 3.71. The number of piperidine rings is 1. The van der Waals surface area contributed by atoms with Crippen molar-refractivity contribution in [1.82, 2.24) is 10.2 Å². The summed E-state index contributed by atoms with van der Waals surface area (Å²) in [5.74, 6) is -0.363. The maximum Gasteiger partial charge on any atom is 0.256 e. The van der Waals surface area contributed by atoms with Gasteiger partial charge in [-0.1, -0.05) is 11.6 Å². The van der Waals surface area contributed by atoms with Crippen LogP contribution in [0.3, 0.4) is 0 Å². The Morgan fingerprint density at radius 3 is 2.95 bits per heavy atom. The van der Waals surface area contributed by atoms with E-state index in [0.29, 0.717) is 24.0 Å². The number of hydrogen-bond acceptors (Lipinski definition) is 2. The molecule has 1 N–H and O–H groups in total. The molecule has 0 saturated carbocycles. The maximum absolute atomic E-state index is 13.8. The Morgan fingerprint density at radius 1 is 1.55 bits per heavy atom. The van der Waals surface area contributed by atoms with Crippen molar-refractivity contribution in [3.05, 3.63) is 34.6 Å². The van der Waals surface area contributed by atoms with E-state index >= 15 is 0 Å². The Hall–Kier alpha value is -1.13. The number of nitrogens with one attached hydrogen (secondary N) is 1. The van der Waals surface area contributed by atoms with E-state index in [1.807, 2.05) is 6.92 Å². The molecule has 3 nitrogen and oxygen atoms in total. The van der Waals surface area contributed by atoms with Gasteiger partial charge in [-0.05, 0) is 57.0 Å². The zero-order valence-corrected chi connectivity index (χ0v) is 12.4. The van der Waals surface area contributed by atoms with Crippen LogP contribution in [-0.2, 0) is 0 Å². The van der Waals surface area contributed by atoms with Gasteiger partial charge in [-0.3, -0.25) is 4.79 Å². The highest BCUT2D eigenvalue weighted by Gasteiger charge is 2.22. The summed E-state index contributed by atoms with van der Waals surface area (Å²) in [4.78, 5) is 14.1. The second kappa shape index (κ2) is 7.04. The van der Waals surface area contributed by atoms with Crippen molar-refractivity contribution < 1.29 is 9.18 Å². The molecule has 1 atom stereocenters. The minimum absolute atomic E-state index is 0.0972. The van der Waals surface area contributed by atoms with Crippen LogP contribution in [0.1, 0.15) is 30.1 Å². The predicted molar refractivity (Wildman–Crippen MR) is 78.6 cm³/mol. The van der Waals surface area contributed by atoms with Crippen LogP contribution in [0.4, 0.5) is 4.39 Å². The monoisotopic (exact) mass is 298 g/mol. The first-order valence-corrected chi connectivity index (χ1v) is 7.44. The average molecular weight is 299 g/mol. The van der Waals surface area contributed by atoms with Gasteiger partial charge >= 0.3 is 0 Å². The van der Waals surface area contributed by atoms with Gasteiger partial charge in [0.25, 0.3) is 5.91 Å². The molecule has 5 heteroatoms. The van der Waals surface area contributed by atoms with E-state index in [2.05, 4.69) is 5.32 Å². The number of hydrogen-bond donors (Lipinski definition) is 1. The molecule has 1 unspecified atom stereocenters. The maximum atomic E-state index is 13.8. The molecule has 1 aromatic rings. The quantitative estimate of drug-likeness (QED) is 0.927. The molecule has 0 spiro atoms. The Kier molecular flexibility index (Phi) is 5.38. The zero-order chi connectivity index (χ0) is 14.5. The molecule has 20 heavy (non-hydrogen) atoms. The Morgan fingerprint density at radius 2 is 2.35 bits per heavy atom. The number of carbonyl (C=O) groups excluding carboxylic acids is 1. The standard InChI is InChI=1S/C15H20ClFN2O/c1-2-19(10-11-4-3-7-18-9-11)15(20)13-6-5-12(16)8-14(13)17/h5-6,8,11,18H,2-4,7,9-10H2,1H3. The molecule has 1 aliphatic heterocycles. The van der Waals surface area contributed by atoms with Crippen molar-refractivity contribution in [2.75, 3.05) is 26.2 Å². The number of amides is 1. The first-order chi connectivity index (χ1) is 9.61. The predicted octanol–water partition coefficient (Wildman–Crippen LogP) is 2.94. The summed E-state index contributed by atoms with van der Waals surface area (Å²) in [6, 6.07) is 4.19. The first kappa shape index (κ1) is 15.3. The lowest BCUT2D eigenvalue weighted by molar-refractivity contribution is 0.0724. The fourth-order valence-corrected chi connectivity index (χ4v) is 2.74. The van der Waals surface area contributed by atoms with Gasteiger partial charge in [0.2, 0.25) is 0 Å². The van der Waals surface area contributed by atoms with Crippen LogP contribution in [-0.4, -0.2) is 37.0 Å². The lowest BCUT2D eigenvalue weighted by Gasteiger charge is -2.29. The zero-order valence-electron chi connectivity index (χ0n) is 11.7. The highest BCUT2D eigenvalue weighted by molar-refractivity contribution is 6.30. The smallest absolute Gasteiger partial charge is 0.256 e. The summed E-state index contributed by atoms with van der Waals surface area (Å²) in [6.45, 7) is 5.14. The van der Waals surface area contributed by atoms with Crippen molar-refractivity contribution >= 4 is 17.5 Å². The Bertz CT molecular complexity index is 475. The third kappa shape index (κ3) is 3.70. The normalized spacial score (nSPS) is 18.9. The Balaban J connectivity index is 2.07. The van der Waals surface area contributed by atoms with Gasteiger partial charge < -0.3 is 10.2 Å². The van der Waals surface area contributed by atoms with Crippen LogP contribution >= 0.6 is 11.6 Å². The van der Waals surface area contributed by atoms with E-state index in [0.717, 1.165) is 25.9 Å². The molecular formula is C15H20ClFN2O. The molecule has 110 valence electrons. The van der Waals surface area contributed by atoms with Crippen LogP contribution in [0.5, 0.6) is 0 Å². The molecule has 0 radical (unpaired) electrons. The summed E-state index contributed by atoms with van der Waals surface area (Å²) in [6.07, 6.45) is 2.24. The molecule has 0 bridgehead atoms. The average Bonchev–Trinajstić information content (AvgIpc) is 2.45. The van der Waals surface area contributed by atoms with Crippen molar-refractivity contribution in [3.8, 4) is 0 Å². The van der Waals surface area contributed by atoms with E-state index in [4.69, 9.17) is 11.6 Å². The van der Waals surface area contributed by atoms with Crippen LogP contribution in [0.25, 0.3) is 0 Å². The van der Waals surface area contributed by atoms with Crippen LogP contribution in [0.15, 0.2) is 18.2 Å². The van der Waals surface area contributed by atoms with Crippen LogP contribution < -0.4 is 5.32 Å². The highest BCUT2D eigenvalue weighted by atomic mass is 35.5. The van der Waals surface area contributed by atoms with Gasteiger partial charge in [-0.25, -0.2) is 4.39 Å². The summed E-state index contributed by atoms with van der Waals surface area (Å²) in [5, 5.41) is 3.64. The lowest BCUT2D eigenvalue weighted by atomic mass is 9.98.